The molecular weight excluding hydrogens is 410 g/mol. The number of para-hydroxylation sites is 1. The van der Waals surface area contributed by atoms with Gasteiger partial charge in [0.25, 0.3) is 11.7 Å². The number of hydrogen-bond acceptors (Lipinski definition) is 5. The van der Waals surface area contributed by atoms with Crippen LogP contribution >= 0.6 is 11.3 Å². The third-order valence-electron chi connectivity index (χ3n) is 5.67. The van der Waals surface area contributed by atoms with E-state index in [2.05, 4.69) is 0 Å². The van der Waals surface area contributed by atoms with E-state index in [1.807, 2.05) is 67.8 Å². The Morgan fingerprint density at radius 3 is 2.52 bits per heavy atom. The van der Waals surface area contributed by atoms with Gasteiger partial charge in [-0.15, -0.1) is 11.3 Å². The molecule has 2 aromatic carbocycles. The fraction of sp³-hybridized carbons (Fsp3) is 0.200. The number of carbonyl (C=O) groups is 2. The average Bonchev–Trinajstić information content (AvgIpc) is 3.38. The van der Waals surface area contributed by atoms with E-state index in [4.69, 9.17) is 4.74 Å². The van der Waals surface area contributed by atoms with Crippen LogP contribution in [0.1, 0.15) is 33.2 Å². The van der Waals surface area contributed by atoms with Crippen LogP contribution in [0.3, 0.4) is 0 Å². The van der Waals surface area contributed by atoms with Crippen LogP contribution in [0.15, 0.2) is 65.6 Å². The molecule has 1 amide bonds. The number of thiophene rings is 1. The maximum Gasteiger partial charge on any atom is 0.295 e. The molecule has 1 aliphatic rings. The normalized spacial score (nSPS) is 17.9. The van der Waals surface area contributed by atoms with Crippen molar-refractivity contribution in [1.82, 2.24) is 4.90 Å². The number of aliphatic hydroxyl groups excluding tert-OH is 1. The lowest BCUT2D eigenvalue weighted by Gasteiger charge is -2.25. The largest absolute Gasteiger partial charge is 0.507 e. The van der Waals surface area contributed by atoms with Crippen LogP contribution in [-0.2, 0) is 16.1 Å². The molecule has 0 aliphatic carbocycles. The number of nitrogens with zero attached hydrogens (tertiary/aromatic N) is 1. The third-order valence-corrected chi connectivity index (χ3v) is 6.59. The Bertz CT molecular complexity index is 1180. The topological polar surface area (TPSA) is 66.8 Å². The monoisotopic (exact) mass is 433 g/mol. The van der Waals surface area contributed by atoms with Gasteiger partial charge in [-0.2, -0.15) is 0 Å². The second-order valence-corrected chi connectivity index (χ2v) is 8.53. The quantitative estimate of drug-likeness (QED) is 0.350. The van der Waals surface area contributed by atoms with Gasteiger partial charge in [-0.05, 0) is 48.6 Å². The molecule has 1 fully saturated rings. The van der Waals surface area contributed by atoms with Gasteiger partial charge >= 0.3 is 0 Å². The van der Waals surface area contributed by atoms with Crippen molar-refractivity contribution < 1.29 is 19.4 Å². The lowest BCUT2D eigenvalue weighted by Crippen LogP contribution is -2.29. The Morgan fingerprint density at radius 2 is 1.84 bits per heavy atom. The van der Waals surface area contributed by atoms with Crippen LogP contribution in [0.4, 0.5) is 0 Å². The van der Waals surface area contributed by atoms with E-state index >= 15 is 0 Å². The Morgan fingerprint density at radius 1 is 1.06 bits per heavy atom. The maximum absolute atomic E-state index is 13.1. The fourth-order valence-corrected chi connectivity index (χ4v) is 4.69. The molecule has 1 aliphatic heterocycles. The molecule has 1 N–H and O–H groups in total. The van der Waals surface area contributed by atoms with E-state index in [9.17, 15) is 14.7 Å². The van der Waals surface area contributed by atoms with Crippen molar-refractivity contribution in [1.29, 1.82) is 0 Å². The fourth-order valence-electron chi connectivity index (χ4n) is 3.85. The Kier molecular flexibility index (Phi) is 5.65. The van der Waals surface area contributed by atoms with E-state index in [0.29, 0.717) is 11.3 Å². The molecule has 4 rings (SSSR count). The van der Waals surface area contributed by atoms with Crippen LogP contribution in [0.25, 0.3) is 5.76 Å². The van der Waals surface area contributed by atoms with Crippen molar-refractivity contribution in [3.8, 4) is 5.75 Å². The molecule has 0 radical (unpaired) electrons. The number of amides is 1. The van der Waals surface area contributed by atoms with Gasteiger partial charge in [0.2, 0.25) is 0 Å². The van der Waals surface area contributed by atoms with Crippen molar-refractivity contribution in [2.24, 2.45) is 0 Å². The summed E-state index contributed by atoms with van der Waals surface area (Å²) < 4.78 is 5.43. The molecule has 3 aromatic rings. The number of rotatable bonds is 5. The Hall–Kier alpha value is -3.38. The predicted molar refractivity (Wildman–Crippen MR) is 121 cm³/mol. The highest BCUT2D eigenvalue weighted by Gasteiger charge is 2.46. The molecular formula is C25H23NO4S. The van der Waals surface area contributed by atoms with E-state index in [-0.39, 0.29) is 17.9 Å². The van der Waals surface area contributed by atoms with Gasteiger partial charge in [-0.25, -0.2) is 0 Å². The molecule has 158 valence electrons. The van der Waals surface area contributed by atoms with Gasteiger partial charge in [0.15, 0.2) is 0 Å². The molecule has 6 heteroatoms. The Labute approximate surface area is 185 Å². The van der Waals surface area contributed by atoms with Crippen LogP contribution in [0.5, 0.6) is 5.75 Å². The number of aryl methyl sites for hydroxylation is 2. The van der Waals surface area contributed by atoms with Gasteiger partial charge in [0, 0.05) is 16.0 Å². The van der Waals surface area contributed by atoms with E-state index in [1.54, 1.807) is 13.2 Å². The molecule has 0 spiro atoms. The van der Waals surface area contributed by atoms with Crippen LogP contribution in [-0.4, -0.2) is 28.8 Å². The summed E-state index contributed by atoms with van der Waals surface area (Å²) >= 11 is 1.45. The van der Waals surface area contributed by atoms with Gasteiger partial charge in [-0.3, -0.25) is 9.59 Å². The summed E-state index contributed by atoms with van der Waals surface area (Å²) in [6, 6.07) is 16.0. The average molecular weight is 434 g/mol. The molecule has 1 atom stereocenters. The van der Waals surface area contributed by atoms with Crippen molar-refractivity contribution in [3.63, 3.8) is 0 Å². The molecule has 5 nitrogen and oxygen atoms in total. The number of benzene rings is 2. The van der Waals surface area contributed by atoms with Crippen molar-refractivity contribution in [3.05, 3.63) is 92.7 Å². The summed E-state index contributed by atoms with van der Waals surface area (Å²) in [5.74, 6) is -0.815. The summed E-state index contributed by atoms with van der Waals surface area (Å²) in [5.41, 5.74) is 3.52. The molecule has 0 bridgehead atoms. The van der Waals surface area contributed by atoms with Crippen LogP contribution in [0, 0.1) is 13.8 Å². The predicted octanol–water partition coefficient (Wildman–Crippen LogP) is 5.00. The minimum Gasteiger partial charge on any atom is -0.507 e. The Balaban J connectivity index is 1.84. The molecule has 1 aromatic heterocycles. The first-order valence-corrected chi connectivity index (χ1v) is 10.8. The number of ether oxygens (including phenoxy) is 1. The van der Waals surface area contributed by atoms with Crippen molar-refractivity contribution in [2.75, 3.05) is 7.11 Å². The number of aliphatic hydroxyl groups is 1. The minimum atomic E-state index is -0.677. The molecule has 0 saturated carbocycles. The standard InChI is InChI=1S/C25H23NO4S/c1-15-10-11-17(13-16(15)2)23(27)21-22(20-9-6-12-31-20)26(25(29)24(21)28)14-18-7-4-5-8-19(18)30-3/h4-13,22,27H,14H2,1-3H3/b23-21-. The summed E-state index contributed by atoms with van der Waals surface area (Å²) in [5, 5.41) is 13.0. The highest BCUT2D eigenvalue weighted by atomic mass is 32.1. The number of hydrogen-bond donors (Lipinski definition) is 1. The first-order valence-electron chi connectivity index (χ1n) is 9.93. The van der Waals surface area contributed by atoms with Crippen molar-refractivity contribution >= 4 is 28.8 Å². The van der Waals surface area contributed by atoms with Gasteiger partial charge in [0.05, 0.1) is 25.3 Å². The zero-order valence-electron chi connectivity index (χ0n) is 17.6. The summed E-state index contributed by atoms with van der Waals surface area (Å²) in [7, 11) is 1.57. The van der Waals surface area contributed by atoms with E-state index in [1.165, 1.54) is 16.2 Å². The van der Waals surface area contributed by atoms with Gasteiger partial charge in [0.1, 0.15) is 11.5 Å². The molecule has 1 unspecified atom stereocenters. The number of carbonyl (C=O) groups excluding carboxylic acids is 2. The first kappa shape index (κ1) is 20.9. The number of methoxy groups -OCH3 is 1. The van der Waals surface area contributed by atoms with Gasteiger partial charge < -0.3 is 14.7 Å². The van der Waals surface area contributed by atoms with Crippen LogP contribution < -0.4 is 4.74 Å². The third kappa shape index (κ3) is 3.75. The first-order chi connectivity index (χ1) is 14.9. The summed E-state index contributed by atoms with van der Waals surface area (Å²) in [6.45, 7) is 4.13. The molecule has 1 saturated heterocycles. The van der Waals surface area contributed by atoms with Crippen molar-refractivity contribution in [2.45, 2.75) is 26.4 Å². The SMILES string of the molecule is COc1ccccc1CN1C(=O)C(=O)/C(=C(\O)c2ccc(C)c(C)c2)C1c1cccs1. The minimum absolute atomic E-state index is 0.116. The maximum atomic E-state index is 13.1. The highest BCUT2D eigenvalue weighted by Crippen LogP contribution is 2.42. The zero-order valence-corrected chi connectivity index (χ0v) is 18.4. The lowest BCUT2D eigenvalue weighted by atomic mass is 9.97. The molecule has 31 heavy (non-hydrogen) atoms. The second kappa shape index (κ2) is 8.40. The van der Waals surface area contributed by atoms with Crippen LogP contribution in [0.2, 0.25) is 0 Å². The zero-order chi connectivity index (χ0) is 22.1. The van der Waals surface area contributed by atoms with E-state index in [0.717, 1.165) is 21.6 Å². The summed E-state index contributed by atoms with van der Waals surface area (Å²) in [6.07, 6.45) is 0. The van der Waals surface area contributed by atoms with E-state index < -0.39 is 17.7 Å². The number of Topliss-reactive ketones (excluding diaryl/α,β-unsaturated/α-hetero) is 1. The highest BCUT2D eigenvalue weighted by molar-refractivity contribution is 7.10. The summed E-state index contributed by atoms with van der Waals surface area (Å²) in [4.78, 5) is 28.5. The molecule has 2 heterocycles. The number of ketones is 1. The van der Waals surface area contributed by atoms with Gasteiger partial charge in [-0.1, -0.05) is 36.4 Å². The number of likely N-dealkylation sites (tertiary alicyclic amines) is 1. The lowest BCUT2D eigenvalue weighted by molar-refractivity contribution is -0.140. The smallest absolute Gasteiger partial charge is 0.295 e. The second-order valence-electron chi connectivity index (χ2n) is 7.55.